The number of allylic oxidation sites excluding steroid dienone is 3. The summed E-state index contributed by atoms with van der Waals surface area (Å²) in [7, 11) is 3.63. The highest BCUT2D eigenvalue weighted by Crippen LogP contribution is 2.25. The second kappa shape index (κ2) is 8.87. The Bertz CT molecular complexity index is 1170. The van der Waals surface area contributed by atoms with E-state index >= 15 is 0 Å². The number of dihydropyridines is 1. The van der Waals surface area contributed by atoms with Gasteiger partial charge in [-0.3, -0.25) is 9.78 Å². The van der Waals surface area contributed by atoms with Crippen molar-refractivity contribution in [2.45, 2.75) is 12.3 Å². The van der Waals surface area contributed by atoms with Gasteiger partial charge < -0.3 is 15.5 Å². The van der Waals surface area contributed by atoms with Crippen molar-refractivity contribution >= 4 is 17.4 Å². The molecule has 3 N–H and O–H groups in total. The normalized spacial score (nSPS) is 19.8. The van der Waals surface area contributed by atoms with Gasteiger partial charge in [0, 0.05) is 56.0 Å². The van der Waals surface area contributed by atoms with Gasteiger partial charge in [-0.2, -0.15) is 13.2 Å². The fourth-order valence-corrected chi connectivity index (χ4v) is 3.27. The monoisotopic (exact) mass is 456 g/mol. The van der Waals surface area contributed by atoms with Crippen LogP contribution in [0.5, 0.6) is 0 Å². The number of pyridine rings is 2. The minimum absolute atomic E-state index is 0.185. The molecule has 0 aliphatic carbocycles. The standard InChI is InChI=1S/C22H20F3N7O/c1-31(2)20-10-14(7-9-27-20)21(33)29-19-6-5-16(13-28-19)32-18(22(23,24)25)11-17(30-32)15-4-3-8-26-12-15/h3-13,19,28H,1-2H3,(H,29,33)/p+1. The average molecular weight is 456 g/mol. The Morgan fingerprint density at radius 1 is 1.24 bits per heavy atom. The molecule has 0 aromatic carbocycles. The van der Waals surface area contributed by atoms with Crippen LogP contribution in [0.1, 0.15) is 15.9 Å². The SMILES string of the molecule is CN(C)c1cc(C(=O)NC2C=CC([NH+]3N=C(c4cccnc4)C=C3C(F)(F)F)=CN2)ccn1. The highest BCUT2D eigenvalue weighted by atomic mass is 19.4. The molecule has 2 atom stereocenters. The Balaban J connectivity index is 1.48. The smallest absolute Gasteiger partial charge is 0.363 e. The number of quaternary nitrogens is 1. The molecule has 2 aliphatic heterocycles. The third-order valence-corrected chi connectivity index (χ3v) is 4.94. The Labute approximate surface area is 187 Å². The Hall–Kier alpha value is -3.99. The highest BCUT2D eigenvalue weighted by Gasteiger charge is 2.47. The van der Waals surface area contributed by atoms with Crippen LogP contribution in [0.25, 0.3) is 0 Å². The molecular weight excluding hydrogens is 435 g/mol. The van der Waals surface area contributed by atoms with Crippen LogP contribution in [-0.4, -0.2) is 48.0 Å². The third-order valence-electron chi connectivity index (χ3n) is 4.94. The lowest BCUT2D eigenvalue weighted by Crippen LogP contribution is -3.04. The molecule has 0 spiro atoms. The van der Waals surface area contributed by atoms with Crippen LogP contribution >= 0.6 is 0 Å². The van der Waals surface area contributed by atoms with Crippen LogP contribution in [0, 0.1) is 0 Å². The lowest BCUT2D eigenvalue weighted by molar-refractivity contribution is -0.831. The summed E-state index contributed by atoms with van der Waals surface area (Å²) in [5, 5.41) is 9.69. The zero-order valence-electron chi connectivity index (χ0n) is 17.8. The molecular formula is C22H21F3N7O+. The van der Waals surface area contributed by atoms with E-state index in [2.05, 4.69) is 25.7 Å². The van der Waals surface area contributed by atoms with Gasteiger partial charge >= 0.3 is 6.18 Å². The zero-order chi connectivity index (χ0) is 23.6. The van der Waals surface area contributed by atoms with Gasteiger partial charge in [0.25, 0.3) is 5.91 Å². The van der Waals surface area contributed by atoms with Crippen LogP contribution < -0.4 is 20.5 Å². The first-order valence-corrected chi connectivity index (χ1v) is 9.97. The van der Waals surface area contributed by atoms with E-state index in [1.807, 2.05) is 14.1 Å². The fourth-order valence-electron chi connectivity index (χ4n) is 3.27. The van der Waals surface area contributed by atoms with Crippen LogP contribution in [0.15, 0.2) is 83.8 Å². The van der Waals surface area contributed by atoms with Gasteiger partial charge in [-0.05, 0) is 30.3 Å². The topological polar surface area (TPSA) is 87.0 Å². The second-order valence-corrected chi connectivity index (χ2v) is 7.52. The molecule has 4 heterocycles. The molecule has 11 heteroatoms. The molecule has 0 bridgehead atoms. The molecule has 170 valence electrons. The van der Waals surface area contributed by atoms with Crippen molar-refractivity contribution in [3.05, 3.63) is 89.8 Å². The molecule has 2 aliphatic rings. The van der Waals surface area contributed by atoms with Crippen LogP contribution in [0.4, 0.5) is 19.0 Å². The van der Waals surface area contributed by atoms with Gasteiger partial charge in [-0.1, -0.05) is 5.10 Å². The minimum Gasteiger partial charge on any atom is -0.363 e. The maximum atomic E-state index is 13.7. The Morgan fingerprint density at radius 3 is 2.70 bits per heavy atom. The number of hydrogen-bond donors (Lipinski definition) is 3. The molecule has 0 saturated carbocycles. The molecule has 0 saturated heterocycles. The summed E-state index contributed by atoms with van der Waals surface area (Å²) in [6.07, 6.45) is 4.86. The summed E-state index contributed by atoms with van der Waals surface area (Å²) in [5.74, 6) is 0.282. The largest absolute Gasteiger partial charge is 0.469 e. The van der Waals surface area contributed by atoms with Gasteiger partial charge in [0.2, 0.25) is 5.70 Å². The number of hydrogen-bond acceptors (Lipinski definition) is 6. The number of carbonyl (C=O) groups is 1. The molecule has 4 rings (SSSR count). The van der Waals surface area contributed by atoms with Crippen molar-refractivity contribution in [3.8, 4) is 0 Å². The molecule has 8 nitrogen and oxygen atoms in total. The van der Waals surface area contributed by atoms with Crippen molar-refractivity contribution in [2.75, 3.05) is 19.0 Å². The second-order valence-electron chi connectivity index (χ2n) is 7.52. The quantitative estimate of drug-likeness (QED) is 0.633. The number of alkyl halides is 3. The lowest BCUT2D eigenvalue weighted by Gasteiger charge is -2.22. The van der Waals surface area contributed by atoms with Gasteiger partial charge in [-0.25, -0.2) is 4.98 Å². The summed E-state index contributed by atoms with van der Waals surface area (Å²) in [6.45, 7) is 0. The predicted molar refractivity (Wildman–Crippen MR) is 116 cm³/mol. The molecule has 2 unspecified atom stereocenters. The van der Waals surface area contributed by atoms with Crippen LogP contribution in [-0.2, 0) is 0 Å². The van der Waals surface area contributed by atoms with E-state index in [1.165, 1.54) is 30.9 Å². The van der Waals surface area contributed by atoms with Gasteiger partial charge in [0.1, 0.15) is 17.7 Å². The zero-order valence-corrected chi connectivity index (χ0v) is 17.8. The van der Waals surface area contributed by atoms with Gasteiger partial charge in [-0.15, -0.1) is 5.01 Å². The molecule has 1 amide bonds. The van der Waals surface area contributed by atoms with Crippen LogP contribution in [0.3, 0.4) is 0 Å². The first-order valence-electron chi connectivity index (χ1n) is 9.97. The maximum absolute atomic E-state index is 13.7. The van der Waals surface area contributed by atoms with Gasteiger partial charge in [0.15, 0.2) is 5.70 Å². The van der Waals surface area contributed by atoms with E-state index in [0.29, 0.717) is 16.9 Å². The highest BCUT2D eigenvalue weighted by molar-refractivity contribution is 6.09. The van der Waals surface area contributed by atoms with Crippen molar-refractivity contribution in [1.29, 1.82) is 0 Å². The number of anilines is 1. The number of carbonyl (C=O) groups excluding carboxylic acids is 1. The number of halogens is 3. The van der Waals surface area contributed by atoms with E-state index in [-0.39, 0.29) is 22.3 Å². The van der Waals surface area contributed by atoms with Crippen molar-refractivity contribution < 1.29 is 23.0 Å². The minimum atomic E-state index is -4.58. The Morgan fingerprint density at radius 2 is 2.06 bits per heavy atom. The number of rotatable bonds is 5. The first kappa shape index (κ1) is 22.2. The molecule has 2 aromatic heterocycles. The lowest BCUT2D eigenvalue weighted by atomic mass is 10.1. The number of aromatic nitrogens is 2. The molecule has 0 radical (unpaired) electrons. The predicted octanol–water partition coefficient (Wildman–Crippen LogP) is 1.35. The average Bonchev–Trinajstić information content (AvgIpc) is 3.26. The summed E-state index contributed by atoms with van der Waals surface area (Å²) >= 11 is 0. The van der Waals surface area contributed by atoms with Gasteiger partial charge in [0.05, 0.1) is 6.20 Å². The summed E-state index contributed by atoms with van der Waals surface area (Å²) in [6, 6.07) is 6.51. The number of amides is 1. The van der Waals surface area contributed by atoms with Crippen molar-refractivity contribution in [2.24, 2.45) is 5.10 Å². The Kier molecular flexibility index (Phi) is 5.97. The number of nitrogens with zero attached hydrogens (tertiary/aromatic N) is 4. The maximum Gasteiger partial charge on any atom is 0.469 e. The molecule has 0 fully saturated rings. The third kappa shape index (κ3) is 4.93. The number of nitrogens with one attached hydrogen (secondary N) is 3. The van der Waals surface area contributed by atoms with E-state index in [9.17, 15) is 18.0 Å². The fraction of sp³-hybridized carbons (Fsp3) is 0.182. The van der Waals surface area contributed by atoms with E-state index in [1.54, 1.807) is 35.2 Å². The van der Waals surface area contributed by atoms with Crippen molar-refractivity contribution in [1.82, 2.24) is 20.6 Å². The molecule has 33 heavy (non-hydrogen) atoms. The summed E-state index contributed by atoms with van der Waals surface area (Å²) < 4.78 is 41.0. The van der Waals surface area contributed by atoms with Crippen LogP contribution in [0.2, 0.25) is 0 Å². The van der Waals surface area contributed by atoms with E-state index < -0.39 is 18.0 Å². The van der Waals surface area contributed by atoms with Crippen molar-refractivity contribution in [3.63, 3.8) is 0 Å². The van der Waals surface area contributed by atoms with E-state index in [4.69, 9.17) is 0 Å². The first-order chi connectivity index (χ1) is 15.7. The van der Waals surface area contributed by atoms with E-state index in [0.717, 1.165) is 6.08 Å². The molecule has 2 aromatic rings. The summed E-state index contributed by atoms with van der Waals surface area (Å²) in [4.78, 5) is 22.4. The summed E-state index contributed by atoms with van der Waals surface area (Å²) in [5.41, 5.74) is 0.500.